The van der Waals surface area contributed by atoms with Crippen LogP contribution in [0, 0.1) is 11.3 Å². The topological polar surface area (TPSA) is 58.4 Å². The third-order valence-electron chi connectivity index (χ3n) is 3.23. The number of hydrogen-bond acceptors (Lipinski definition) is 5. The minimum atomic E-state index is -0.0114. The Morgan fingerprint density at radius 2 is 2.33 bits per heavy atom. The smallest absolute Gasteiger partial charge is 0.183 e. The number of aromatic nitrogens is 1. The standard InChI is InChI=1S/C13H17N3O2/c1-17-12-5-6-15-11(13(12)18-2)9-16-7-3-4-10(16)8-14/h5-6,10H,3-4,7,9H2,1-2H3. The number of ether oxygens (including phenoxy) is 2. The van der Waals surface area contributed by atoms with Crippen LogP contribution in [0.15, 0.2) is 12.3 Å². The summed E-state index contributed by atoms with van der Waals surface area (Å²) in [6.45, 7) is 1.55. The van der Waals surface area contributed by atoms with Gasteiger partial charge in [-0.25, -0.2) is 0 Å². The van der Waals surface area contributed by atoms with Crippen molar-refractivity contribution in [3.05, 3.63) is 18.0 Å². The molecule has 1 atom stereocenters. The molecule has 5 heteroatoms. The van der Waals surface area contributed by atoms with E-state index in [1.54, 1.807) is 26.5 Å². The molecule has 0 aromatic carbocycles. The summed E-state index contributed by atoms with van der Waals surface area (Å²) in [5, 5.41) is 9.07. The van der Waals surface area contributed by atoms with E-state index in [0.717, 1.165) is 25.1 Å². The van der Waals surface area contributed by atoms with Crippen molar-refractivity contribution in [2.75, 3.05) is 20.8 Å². The third-order valence-corrected chi connectivity index (χ3v) is 3.23. The van der Waals surface area contributed by atoms with Crippen LogP contribution in [0.25, 0.3) is 0 Å². The molecule has 0 amide bonds. The van der Waals surface area contributed by atoms with E-state index >= 15 is 0 Å². The molecular weight excluding hydrogens is 230 g/mol. The van der Waals surface area contributed by atoms with E-state index in [4.69, 9.17) is 14.7 Å². The minimum Gasteiger partial charge on any atom is -0.493 e. The van der Waals surface area contributed by atoms with Gasteiger partial charge in [-0.2, -0.15) is 5.26 Å². The van der Waals surface area contributed by atoms with Crippen LogP contribution in [0.3, 0.4) is 0 Å². The van der Waals surface area contributed by atoms with Crippen LogP contribution in [0.4, 0.5) is 0 Å². The molecule has 0 saturated carbocycles. The number of nitriles is 1. The summed E-state index contributed by atoms with van der Waals surface area (Å²) in [5.41, 5.74) is 0.819. The van der Waals surface area contributed by atoms with Gasteiger partial charge in [0.05, 0.1) is 26.3 Å². The highest BCUT2D eigenvalue weighted by Gasteiger charge is 2.26. The van der Waals surface area contributed by atoms with Crippen LogP contribution in [0.5, 0.6) is 11.5 Å². The highest BCUT2D eigenvalue weighted by atomic mass is 16.5. The van der Waals surface area contributed by atoms with E-state index in [2.05, 4.69) is 16.0 Å². The van der Waals surface area contributed by atoms with Gasteiger partial charge in [-0.3, -0.25) is 9.88 Å². The molecule has 1 aromatic heterocycles. The van der Waals surface area contributed by atoms with E-state index in [1.807, 2.05) is 0 Å². The van der Waals surface area contributed by atoms with Crippen LogP contribution >= 0.6 is 0 Å². The lowest BCUT2D eigenvalue weighted by Gasteiger charge is -2.20. The molecule has 18 heavy (non-hydrogen) atoms. The molecule has 1 unspecified atom stereocenters. The van der Waals surface area contributed by atoms with Gasteiger partial charge in [0.2, 0.25) is 0 Å². The van der Waals surface area contributed by atoms with E-state index < -0.39 is 0 Å². The monoisotopic (exact) mass is 247 g/mol. The Hall–Kier alpha value is -1.80. The molecule has 1 aliphatic rings. The summed E-state index contributed by atoms with van der Waals surface area (Å²) in [7, 11) is 3.21. The van der Waals surface area contributed by atoms with Crippen LogP contribution in [-0.2, 0) is 6.54 Å². The molecule has 5 nitrogen and oxygen atoms in total. The minimum absolute atomic E-state index is 0.0114. The SMILES string of the molecule is COc1ccnc(CN2CCCC2C#N)c1OC. The average Bonchev–Trinajstić information content (AvgIpc) is 2.85. The molecule has 1 fully saturated rings. The molecule has 2 heterocycles. The lowest BCUT2D eigenvalue weighted by Crippen LogP contribution is -2.28. The van der Waals surface area contributed by atoms with Crippen LogP contribution in [-0.4, -0.2) is 36.7 Å². The first-order valence-electron chi connectivity index (χ1n) is 5.99. The predicted molar refractivity (Wildman–Crippen MR) is 66.4 cm³/mol. The Kier molecular flexibility index (Phi) is 4.00. The molecular formula is C13H17N3O2. The maximum absolute atomic E-state index is 9.07. The zero-order valence-corrected chi connectivity index (χ0v) is 10.7. The number of hydrogen-bond donors (Lipinski definition) is 0. The lowest BCUT2D eigenvalue weighted by molar-refractivity contribution is 0.273. The maximum atomic E-state index is 9.07. The highest BCUT2D eigenvalue weighted by molar-refractivity contribution is 5.42. The van der Waals surface area contributed by atoms with E-state index in [-0.39, 0.29) is 6.04 Å². The van der Waals surface area contributed by atoms with Gasteiger partial charge in [0.15, 0.2) is 11.5 Å². The molecule has 2 rings (SSSR count). The molecule has 0 radical (unpaired) electrons. The van der Waals surface area contributed by atoms with Gasteiger partial charge in [-0.1, -0.05) is 0 Å². The predicted octanol–water partition coefficient (Wildman–Crippen LogP) is 1.59. The van der Waals surface area contributed by atoms with Gasteiger partial charge in [0, 0.05) is 18.8 Å². The van der Waals surface area contributed by atoms with Crippen molar-refractivity contribution in [3.8, 4) is 17.6 Å². The van der Waals surface area contributed by atoms with Crippen molar-refractivity contribution < 1.29 is 9.47 Å². The summed E-state index contributed by atoms with van der Waals surface area (Å²) in [6, 6.07) is 4.09. The Bertz CT molecular complexity index is 456. The van der Waals surface area contributed by atoms with Gasteiger partial charge >= 0.3 is 0 Å². The van der Waals surface area contributed by atoms with Crippen molar-refractivity contribution in [2.24, 2.45) is 0 Å². The van der Waals surface area contributed by atoms with E-state index in [0.29, 0.717) is 18.0 Å². The summed E-state index contributed by atoms with van der Waals surface area (Å²) in [5.74, 6) is 1.33. The summed E-state index contributed by atoms with van der Waals surface area (Å²) in [6.07, 6.45) is 3.70. The van der Waals surface area contributed by atoms with Crippen LogP contribution in [0.1, 0.15) is 18.5 Å². The molecule has 1 aromatic rings. The van der Waals surface area contributed by atoms with E-state index in [9.17, 15) is 0 Å². The Balaban J connectivity index is 2.21. The van der Waals surface area contributed by atoms with Gasteiger partial charge in [-0.05, 0) is 19.4 Å². The Labute approximate surface area is 107 Å². The average molecular weight is 247 g/mol. The van der Waals surface area contributed by atoms with Crippen molar-refractivity contribution >= 4 is 0 Å². The van der Waals surface area contributed by atoms with Gasteiger partial charge in [-0.15, -0.1) is 0 Å². The molecule has 0 N–H and O–H groups in total. The summed E-state index contributed by atoms with van der Waals surface area (Å²) >= 11 is 0. The lowest BCUT2D eigenvalue weighted by atomic mass is 10.2. The van der Waals surface area contributed by atoms with Crippen molar-refractivity contribution in [2.45, 2.75) is 25.4 Å². The van der Waals surface area contributed by atoms with Crippen molar-refractivity contribution in [1.29, 1.82) is 5.26 Å². The van der Waals surface area contributed by atoms with E-state index in [1.165, 1.54) is 0 Å². The van der Waals surface area contributed by atoms with Crippen molar-refractivity contribution in [3.63, 3.8) is 0 Å². The zero-order chi connectivity index (χ0) is 13.0. The van der Waals surface area contributed by atoms with Gasteiger partial charge < -0.3 is 9.47 Å². The number of methoxy groups -OCH3 is 2. The first kappa shape index (κ1) is 12.7. The molecule has 0 aliphatic carbocycles. The summed E-state index contributed by atoms with van der Waals surface area (Å²) in [4.78, 5) is 6.46. The molecule has 1 aliphatic heterocycles. The number of rotatable bonds is 4. The quantitative estimate of drug-likeness (QED) is 0.808. The number of likely N-dealkylation sites (tertiary alicyclic amines) is 1. The second-order valence-corrected chi connectivity index (χ2v) is 4.25. The molecule has 1 saturated heterocycles. The molecule has 96 valence electrons. The Morgan fingerprint density at radius 3 is 3.00 bits per heavy atom. The second kappa shape index (κ2) is 5.69. The first-order chi connectivity index (χ1) is 8.80. The number of nitrogens with zero attached hydrogens (tertiary/aromatic N) is 3. The molecule has 0 spiro atoms. The molecule has 0 bridgehead atoms. The van der Waals surface area contributed by atoms with Crippen molar-refractivity contribution in [1.82, 2.24) is 9.88 Å². The zero-order valence-electron chi connectivity index (χ0n) is 10.7. The third kappa shape index (κ3) is 2.39. The largest absolute Gasteiger partial charge is 0.493 e. The number of pyridine rings is 1. The highest BCUT2D eigenvalue weighted by Crippen LogP contribution is 2.31. The first-order valence-corrected chi connectivity index (χ1v) is 5.99. The normalized spacial score (nSPS) is 19.5. The fourth-order valence-corrected chi connectivity index (χ4v) is 2.32. The summed E-state index contributed by atoms with van der Waals surface area (Å²) < 4.78 is 10.6. The second-order valence-electron chi connectivity index (χ2n) is 4.25. The van der Waals surface area contributed by atoms with Crippen LogP contribution < -0.4 is 9.47 Å². The maximum Gasteiger partial charge on any atom is 0.183 e. The van der Waals surface area contributed by atoms with Gasteiger partial charge in [0.1, 0.15) is 5.69 Å². The van der Waals surface area contributed by atoms with Gasteiger partial charge in [0.25, 0.3) is 0 Å². The fraction of sp³-hybridized carbons (Fsp3) is 0.538. The fourth-order valence-electron chi connectivity index (χ4n) is 2.32. The van der Waals surface area contributed by atoms with Crippen LogP contribution in [0.2, 0.25) is 0 Å². The Morgan fingerprint density at radius 1 is 1.50 bits per heavy atom.